The SMILES string of the molecule is COc1cc(/C=C/C(=O)CC(=O)/C=C/[C@H]2CC=C(O)[C@H](OC)C2)ccc1O. The molecule has 27 heavy (non-hydrogen) atoms. The van der Waals surface area contributed by atoms with E-state index in [1.165, 1.54) is 32.4 Å². The van der Waals surface area contributed by atoms with E-state index in [-0.39, 0.29) is 41.5 Å². The van der Waals surface area contributed by atoms with Gasteiger partial charge in [0.1, 0.15) is 11.9 Å². The van der Waals surface area contributed by atoms with Crippen molar-refractivity contribution in [3.63, 3.8) is 0 Å². The number of carbonyl (C=O) groups is 2. The molecule has 0 radical (unpaired) electrons. The Labute approximate surface area is 158 Å². The van der Waals surface area contributed by atoms with Crippen LogP contribution in [0.4, 0.5) is 0 Å². The number of carbonyl (C=O) groups excluding carboxylic acids is 2. The molecule has 144 valence electrons. The van der Waals surface area contributed by atoms with Crippen LogP contribution in [0.3, 0.4) is 0 Å². The summed E-state index contributed by atoms with van der Waals surface area (Å²) < 4.78 is 10.2. The monoisotopic (exact) mass is 372 g/mol. The fourth-order valence-corrected chi connectivity index (χ4v) is 2.79. The van der Waals surface area contributed by atoms with Crippen molar-refractivity contribution in [2.75, 3.05) is 14.2 Å². The lowest BCUT2D eigenvalue weighted by atomic mass is 9.90. The molecule has 6 nitrogen and oxygen atoms in total. The number of phenols is 1. The molecule has 0 spiro atoms. The summed E-state index contributed by atoms with van der Waals surface area (Å²) in [6.07, 6.45) is 8.43. The second-order valence-corrected chi connectivity index (χ2v) is 6.32. The van der Waals surface area contributed by atoms with Crippen LogP contribution in [-0.4, -0.2) is 42.1 Å². The van der Waals surface area contributed by atoms with Crippen molar-refractivity contribution in [1.82, 2.24) is 0 Å². The van der Waals surface area contributed by atoms with Crippen LogP contribution in [-0.2, 0) is 14.3 Å². The highest BCUT2D eigenvalue weighted by Gasteiger charge is 2.22. The number of ketones is 2. The summed E-state index contributed by atoms with van der Waals surface area (Å²) in [7, 11) is 2.97. The summed E-state index contributed by atoms with van der Waals surface area (Å²) in [6, 6.07) is 4.71. The van der Waals surface area contributed by atoms with Gasteiger partial charge in [0.05, 0.1) is 13.5 Å². The molecule has 1 aromatic rings. The normalized spacial score (nSPS) is 20.0. The van der Waals surface area contributed by atoms with Gasteiger partial charge in [0, 0.05) is 7.11 Å². The molecular formula is C21H24O6. The molecule has 1 aliphatic rings. The zero-order valence-corrected chi connectivity index (χ0v) is 15.4. The number of phenolic OH excluding ortho intramolecular Hbond substituents is 1. The molecule has 0 unspecified atom stereocenters. The number of allylic oxidation sites excluding steroid dienone is 4. The predicted octanol–water partition coefficient (Wildman–Crippen LogP) is 3.37. The summed E-state index contributed by atoms with van der Waals surface area (Å²) in [5.74, 6) is 0.0475. The smallest absolute Gasteiger partial charge is 0.163 e. The third-order valence-corrected chi connectivity index (χ3v) is 4.33. The van der Waals surface area contributed by atoms with Gasteiger partial charge in [0.2, 0.25) is 0 Å². The van der Waals surface area contributed by atoms with E-state index in [9.17, 15) is 19.8 Å². The summed E-state index contributed by atoms with van der Waals surface area (Å²) in [5, 5.41) is 19.2. The maximum atomic E-state index is 12.0. The van der Waals surface area contributed by atoms with E-state index >= 15 is 0 Å². The molecule has 6 heteroatoms. The highest BCUT2D eigenvalue weighted by Crippen LogP contribution is 2.27. The zero-order chi connectivity index (χ0) is 19.8. The molecule has 0 amide bonds. The van der Waals surface area contributed by atoms with Crippen molar-refractivity contribution in [1.29, 1.82) is 0 Å². The van der Waals surface area contributed by atoms with Crippen LogP contribution < -0.4 is 4.74 Å². The first-order valence-electron chi connectivity index (χ1n) is 8.63. The predicted molar refractivity (Wildman–Crippen MR) is 102 cm³/mol. The van der Waals surface area contributed by atoms with Gasteiger partial charge in [-0.3, -0.25) is 9.59 Å². The first-order chi connectivity index (χ1) is 12.9. The number of methoxy groups -OCH3 is 2. The van der Waals surface area contributed by atoms with Gasteiger partial charge in [-0.2, -0.15) is 0 Å². The Balaban J connectivity index is 1.87. The van der Waals surface area contributed by atoms with Gasteiger partial charge < -0.3 is 19.7 Å². The number of benzene rings is 1. The van der Waals surface area contributed by atoms with Crippen molar-refractivity contribution in [2.24, 2.45) is 5.92 Å². The number of aliphatic hydroxyl groups excluding tert-OH is 1. The van der Waals surface area contributed by atoms with Gasteiger partial charge in [0.15, 0.2) is 23.1 Å². The number of hydrogen-bond donors (Lipinski definition) is 2. The van der Waals surface area contributed by atoms with Gasteiger partial charge in [-0.15, -0.1) is 0 Å². The Morgan fingerprint density at radius 1 is 1.19 bits per heavy atom. The van der Waals surface area contributed by atoms with Crippen molar-refractivity contribution in [3.8, 4) is 11.5 Å². The molecule has 0 bridgehead atoms. The van der Waals surface area contributed by atoms with Crippen LogP contribution in [0.15, 0.2) is 48.3 Å². The fraction of sp³-hybridized carbons (Fsp3) is 0.333. The van der Waals surface area contributed by atoms with E-state index in [1.54, 1.807) is 30.4 Å². The summed E-state index contributed by atoms with van der Waals surface area (Å²) in [5.41, 5.74) is 0.681. The third kappa shape index (κ3) is 6.11. The Hall–Kier alpha value is -2.86. The van der Waals surface area contributed by atoms with Crippen LogP contribution >= 0.6 is 0 Å². The number of ether oxygens (including phenoxy) is 2. The van der Waals surface area contributed by atoms with Crippen LogP contribution in [0.1, 0.15) is 24.8 Å². The van der Waals surface area contributed by atoms with Crippen LogP contribution in [0.2, 0.25) is 0 Å². The first kappa shape index (κ1) is 20.5. The summed E-state index contributed by atoms with van der Waals surface area (Å²) >= 11 is 0. The highest BCUT2D eigenvalue weighted by atomic mass is 16.5. The Morgan fingerprint density at radius 3 is 2.63 bits per heavy atom. The minimum atomic E-state index is -0.352. The lowest BCUT2D eigenvalue weighted by molar-refractivity contribution is -0.121. The Bertz CT molecular complexity index is 775. The minimum absolute atomic E-state index is 0.0166. The number of aromatic hydroxyl groups is 1. The molecule has 1 aliphatic carbocycles. The molecule has 2 atom stereocenters. The molecule has 1 aromatic carbocycles. The molecular weight excluding hydrogens is 348 g/mol. The number of hydrogen-bond acceptors (Lipinski definition) is 6. The van der Waals surface area contributed by atoms with E-state index in [0.29, 0.717) is 24.2 Å². The molecule has 0 saturated carbocycles. The molecule has 0 aromatic heterocycles. The van der Waals surface area contributed by atoms with Gasteiger partial charge in [-0.1, -0.05) is 18.2 Å². The second-order valence-electron chi connectivity index (χ2n) is 6.32. The van der Waals surface area contributed by atoms with Gasteiger partial charge in [-0.25, -0.2) is 0 Å². The molecule has 2 N–H and O–H groups in total. The van der Waals surface area contributed by atoms with Crippen LogP contribution in [0.5, 0.6) is 11.5 Å². The van der Waals surface area contributed by atoms with Crippen LogP contribution in [0.25, 0.3) is 6.08 Å². The quantitative estimate of drug-likeness (QED) is 0.537. The van der Waals surface area contributed by atoms with E-state index in [4.69, 9.17) is 9.47 Å². The number of rotatable bonds is 8. The Morgan fingerprint density at radius 2 is 1.93 bits per heavy atom. The minimum Gasteiger partial charge on any atom is -0.510 e. The van der Waals surface area contributed by atoms with Crippen molar-refractivity contribution in [2.45, 2.75) is 25.4 Å². The average molecular weight is 372 g/mol. The van der Waals surface area contributed by atoms with Gasteiger partial charge in [-0.05, 0) is 54.7 Å². The molecule has 0 heterocycles. The van der Waals surface area contributed by atoms with E-state index in [1.807, 2.05) is 0 Å². The van der Waals surface area contributed by atoms with Crippen LogP contribution in [0, 0.1) is 5.92 Å². The number of aliphatic hydroxyl groups is 1. The second kappa shape index (κ2) is 9.73. The van der Waals surface area contributed by atoms with Gasteiger partial charge in [0.25, 0.3) is 0 Å². The third-order valence-electron chi connectivity index (χ3n) is 4.33. The van der Waals surface area contributed by atoms with Crippen molar-refractivity contribution >= 4 is 17.6 Å². The molecule has 0 fully saturated rings. The zero-order valence-electron chi connectivity index (χ0n) is 15.4. The van der Waals surface area contributed by atoms with Crippen molar-refractivity contribution < 1.29 is 29.3 Å². The van der Waals surface area contributed by atoms with E-state index < -0.39 is 0 Å². The Kier molecular flexibility index (Phi) is 7.37. The molecule has 0 aliphatic heterocycles. The van der Waals surface area contributed by atoms with E-state index in [0.717, 1.165) is 0 Å². The lowest BCUT2D eigenvalue weighted by Crippen LogP contribution is -2.21. The maximum absolute atomic E-state index is 12.0. The topological polar surface area (TPSA) is 93.1 Å². The summed E-state index contributed by atoms with van der Waals surface area (Å²) in [6.45, 7) is 0. The molecule has 0 saturated heterocycles. The largest absolute Gasteiger partial charge is 0.510 e. The highest BCUT2D eigenvalue weighted by molar-refractivity contribution is 6.09. The van der Waals surface area contributed by atoms with Gasteiger partial charge >= 0.3 is 0 Å². The average Bonchev–Trinajstić information content (AvgIpc) is 2.66. The first-order valence-corrected chi connectivity index (χ1v) is 8.63. The molecule has 2 rings (SSSR count). The van der Waals surface area contributed by atoms with E-state index in [2.05, 4.69) is 0 Å². The van der Waals surface area contributed by atoms with Crippen molar-refractivity contribution in [3.05, 3.63) is 53.8 Å². The fourth-order valence-electron chi connectivity index (χ4n) is 2.79. The lowest BCUT2D eigenvalue weighted by Gasteiger charge is -2.23. The standard InChI is InChI=1S/C21H24O6/c1-26-20-11-14(5-9-18(20)24)3-7-16(22)13-17(23)8-4-15-6-10-19(25)21(12-15)27-2/h3-5,7-11,15,21,24-25H,6,12-13H2,1-2H3/b7-3+,8-4+/t15-,21+/m0/s1. The maximum Gasteiger partial charge on any atom is 0.163 e. The summed E-state index contributed by atoms with van der Waals surface area (Å²) in [4.78, 5) is 23.9.